The van der Waals surface area contributed by atoms with Gasteiger partial charge in [-0.15, -0.1) is 0 Å². The van der Waals surface area contributed by atoms with Crippen LogP contribution in [-0.4, -0.2) is 42.7 Å². The Morgan fingerprint density at radius 3 is 2.24 bits per heavy atom. The normalized spacial score (nSPS) is 12.7. The molecule has 4 heteroatoms. The van der Waals surface area contributed by atoms with E-state index in [1.54, 1.807) is 6.92 Å². The van der Waals surface area contributed by atoms with Crippen molar-refractivity contribution in [2.75, 3.05) is 37.6 Å². The van der Waals surface area contributed by atoms with Gasteiger partial charge >= 0.3 is 0 Å². The van der Waals surface area contributed by atoms with E-state index in [4.69, 9.17) is 11.6 Å². The first-order valence-corrected chi connectivity index (χ1v) is 8.36. The van der Waals surface area contributed by atoms with Gasteiger partial charge in [0.2, 0.25) is 0 Å². The average Bonchev–Trinajstić information content (AvgIpc) is 2.48. The first-order chi connectivity index (χ1) is 10.0. The quantitative estimate of drug-likeness (QED) is 0.748. The predicted molar refractivity (Wildman–Crippen MR) is 92.4 cm³/mol. The summed E-state index contributed by atoms with van der Waals surface area (Å²) in [5.74, 6) is 0. The van der Waals surface area contributed by atoms with E-state index in [0.29, 0.717) is 0 Å². The van der Waals surface area contributed by atoms with Crippen LogP contribution in [0, 0.1) is 0 Å². The maximum Gasteiger partial charge on any atom is 0.0762 e. The maximum atomic E-state index is 9.61. The first kappa shape index (κ1) is 18.3. The minimum absolute atomic E-state index is 0.478. The van der Waals surface area contributed by atoms with Gasteiger partial charge in [0.25, 0.3) is 0 Å². The third kappa shape index (κ3) is 5.50. The molecule has 0 aliphatic carbocycles. The molecule has 0 aromatic heterocycles. The van der Waals surface area contributed by atoms with E-state index in [9.17, 15) is 5.11 Å². The topological polar surface area (TPSA) is 26.7 Å². The summed E-state index contributed by atoms with van der Waals surface area (Å²) in [6, 6.07) is 5.85. The fourth-order valence-corrected chi connectivity index (χ4v) is 2.82. The summed E-state index contributed by atoms with van der Waals surface area (Å²) in [7, 11) is 0. The van der Waals surface area contributed by atoms with E-state index in [2.05, 4.69) is 30.6 Å². The lowest BCUT2D eigenvalue weighted by atomic mass is 10.1. The van der Waals surface area contributed by atoms with Crippen LogP contribution in [-0.2, 0) is 0 Å². The summed E-state index contributed by atoms with van der Waals surface area (Å²) in [6.45, 7) is 13.6. The van der Waals surface area contributed by atoms with Crippen molar-refractivity contribution >= 4 is 17.3 Å². The number of anilines is 1. The lowest BCUT2D eigenvalue weighted by molar-refractivity contribution is 0.199. The lowest BCUT2D eigenvalue weighted by Gasteiger charge is -2.26. The predicted octanol–water partition coefficient (Wildman–Crippen LogP) is 3.95. The molecule has 21 heavy (non-hydrogen) atoms. The summed E-state index contributed by atoms with van der Waals surface area (Å²) < 4.78 is 0. The minimum Gasteiger partial charge on any atom is -0.389 e. The molecular weight excluding hydrogens is 284 g/mol. The molecule has 0 aliphatic rings. The molecule has 0 fully saturated rings. The Morgan fingerprint density at radius 1 is 1.10 bits per heavy atom. The van der Waals surface area contributed by atoms with Gasteiger partial charge in [0.05, 0.1) is 16.8 Å². The molecule has 1 aromatic rings. The third-order valence-electron chi connectivity index (χ3n) is 3.97. The molecule has 1 aromatic carbocycles. The Hall–Kier alpha value is -0.770. The number of rotatable bonds is 9. The van der Waals surface area contributed by atoms with Crippen LogP contribution in [0.3, 0.4) is 0 Å². The Labute approximate surface area is 134 Å². The number of hydrogen-bond donors (Lipinski definition) is 1. The largest absolute Gasteiger partial charge is 0.389 e. The van der Waals surface area contributed by atoms with Crippen LogP contribution in [0.1, 0.15) is 45.8 Å². The summed E-state index contributed by atoms with van der Waals surface area (Å²) in [6.07, 6.45) is 0.651. The van der Waals surface area contributed by atoms with Crippen molar-refractivity contribution in [3.8, 4) is 0 Å². The van der Waals surface area contributed by atoms with Gasteiger partial charge in [0, 0.05) is 13.1 Å². The Bertz CT molecular complexity index is 419. The minimum atomic E-state index is -0.478. The molecule has 1 atom stereocenters. The second kappa shape index (κ2) is 9.29. The second-order valence-electron chi connectivity index (χ2n) is 5.35. The average molecular weight is 313 g/mol. The third-order valence-corrected chi connectivity index (χ3v) is 4.28. The van der Waals surface area contributed by atoms with E-state index >= 15 is 0 Å². The van der Waals surface area contributed by atoms with E-state index in [1.165, 1.54) is 0 Å². The van der Waals surface area contributed by atoms with Crippen molar-refractivity contribution in [1.82, 2.24) is 4.90 Å². The number of aliphatic hydroxyl groups excluding tert-OH is 1. The zero-order valence-electron chi connectivity index (χ0n) is 13.8. The van der Waals surface area contributed by atoms with Crippen LogP contribution in [0.15, 0.2) is 18.2 Å². The van der Waals surface area contributed by atoms with Crippen LogP contribution in [0.4, 0.5) is 5.69 Å². The van der Waals surface area contributed by atoms with E-state index in [1.807, 2.05) is 18.2 Å². The molecule has 1 rings (SSSR count). The van der Waals surface area contributed by atoms with Crippen LogP contribution in [0.5, 0.6) is 0 Å². The van der Waals surface area contributed by atoms with Crippen molar-refractivity contribution in [2.45, 2.75) is 40.2 Å². The standard InChI is InChI=1S/C17H29ClN2O/c1-5-19(6-2)11-8-12-20(7-3)17-10-9-15(14(4)21)13-16(17)18/h9-10,13-14,21H,5-8,11-12H2,1-4H3. The van der Waals surface area contributed by atoms with Crippen LogP contribution >= 0.6 is 11.6 Å². The molecule has 0 heterocycles. The maximum absolute atomic E-state index is 9.61. The van der Waals surface area contributed by atoms with Crippen molar-refractivity contribution in [1.29, 1.82) is 0 Å². The van der Waals surface area contributed by atoms with E-state index in [-0.39, 0.29) is 0 Å². The Balaban J connectivity index is 2.67. The van der Waals surface area contributed by atoms with Gasteiger partial charge in [-0.05, 0) is 57.6 Å². The SMILES string of the molecule is CCN(CC)CCCN(CC)c1ccc(C(C)O)cc1Cl. The van der Waals surface area contributed by atoms with Gasteiger partial charge < -0.3 is 14.9 Å². The summed E-state index contributed by atoms with van der Waals surface area (Å²) in [5.41, 5.74) is 1.92. The van der Waals surface area contributed by atoms with Crippen molar-refractivity contribution in [3.05, 3.63) is 28.8 Å². The molecule has 0 saturated heterocycles. The molecule has 1 N–H and O–H groups in total. The fraction of sp³-hybridized carbons (Fsp3) is 0.647. The highest BCUT2D eigenvalue weighted by molar-refractivity contribution is 6.33. The number of hydrogen-bond acceptors (Lipinski definition) is 3. The van der Waals surface area contributed by atoms with Crippen molar-refractivity contribution < 1.29 is 5.11 Å². The van der Waals surface area contributed by atoms with Gasteiger partial charge in [-0.3, -0.25) is 0 Å². The highest BCUT2D eigenvalue weighted by atomic mass is 35.5. The molecule has 120 valence electrons. The molecule has 3 nitrogen and oxygen atoms in total. The van der Waals surface area contributed by atoms with Crippen LogP contribution in [0.2, 0.25) is 5.02 Å². The molecule has 0 spiro atoms. The summed E-state index contributed by atoms with van der Waals surface area (Å²) >= 11 is 6.38. The van der Waals surface area contributed by atoms with Crippen molar-refractivity contribution in [2.24, 2.45) is 0 Å². The number of aliphatic hydroxyl groups is 1. The second-order valence-corrected chi connectivity index (χ2v) is 5.75. The molecule has 0 bridgehead atoms. The van der Waals surface area contributed by atoms with Gasteiger partial charge in [0.1, 0.15) is 0 Å². The van der Waals surface area contributed by atoms with Crippen LogP contribution < -0.4 is 4.90 Å². The van der Waals surface area contributed by atoms with E-state index < -0.39 is 6.10 Å². The van der Waals surface area contributed by atoms with Gasteiger partial charge in [0.15, 0.2) is 0 Å². The number of benzene rings is 1. The van der Waals surface area contributed by atoms with Crippen LogP contribution in [0.25, 0.3) is 0 Å². The number of halogens is 1. The number of nitrogens with zero attached hydrogens (tertiary/aromatic N) is 2. The lowest BCUT2D eigenvalue weighted by Crippen LogP contribution is -2.30. The van der Waals surface area contributed by atoms with Crippen molar-refractivity contribution in [3.63, 3.8) is 0 Å². The van der Waals surface area contributed by atoms with E-state index in [0.717, 1.165) is 55.4 Å². The fourth-order valence-electron chi connectivity index (χ4n) is 2.51. The molecular formula is C17H29ClN2O. The molecule has 0 saturated carbocycles. The molecule has 0 aliphatic heterocycles. The van der Waals surface area contributed by atoms with Gasteiger partial charge in [-0.1, -0.05) is 31.5 Å². The zero-order chi connectivity index (χ0) is 15.8. The molecule has 1 unspecified atom stereocenters. The van der Waals surface area contributed by atoms with Gasteiger partial charge in [-0.2, -0.15) is 0 Å². The zero-order valence-corrected chi connectivity index (χ0v) is 14.5. The Kier molecular flexibility index (Phi) is 8.09. The summed E-state index contributed by atoms with van der Waals surface area (Å²) in [5, 5.41) is 10.3. The molecule has 0 amide bonds. The molecule has 0 radical (unpaired) electrons. The monoisotopic (exact) mass is 312 g/mol. The summed E-state index contributed by atoms with van der Waals surface area (Å²) in [4.78, 5) is 4.74. The Morgan fingerprint density at radius 2 is 1.76 bits per heavy atom. The van der Waals surface area contributed by atoms with Gasteiger partial charge in [-0.25, -0.2) is 0 Å². The smallest absolute Gasteiger partial charge is 0.0762 e. The highest BCUT2D eigenvalue weighted by Gasteiger charge is 2.11. The first-order valence-electron chi connectivity index (χ1n) is 7.98. The highest BCUT2D eigenvalue weighted by Crippen LogP contribution is 2.29.